The van der Waals surface area contributed by atoms with Gasteiger partial charge in [0, 0.05) is 32.7 Å². The van der Waals surface area contributed by atoms with Crippen molar-refractivity contribution in [2.75, 3.05) is 19.7 Å². The summed E-state index contributed by atoms with van der Waals surface area (Å²) in [5, 5.41) is 3.06. The molecule has 7 nitrogen and oxygen atoms in total. The first-order valence-electron chi connectivity index (χ1n) is 11.3. The largest absolute Gasteiger partial charge is 0.368 e. The van der Waals surface area contributed by atoms with Crippen LogP contribution in [0.1, 0.15) is 63.7 Å². The van der Waals surface area contributed by atoms with Crippen LogP contribution in [-0.2, 0) is 20.9 Å². The Kier molecular flexibility index (Phi) is 6.67. The quantitative estimate of drug-likeness (QED) is 0.791. The molecule has 0 saturated carbocycles. The number of imidazole rings is 1. The normalized spacial score (nSPS) is 20.8. The number of para-hydroxylation sites is 2. The molecule has 2 aliphatic heterocycles. The van der Waals surface area contributed by atoms with Crippen LogP contribution in [0, 0.1) is 0 Å². The number of benzene rings is 1. The lowest BCUT2D eigenvalue weighted by atomic mass is 10.2. The second-order valence-electron chi connectivity index (χ2n) is 8.39. The van der Waals surface area contributed by atoms with Crippen LogP contribution in [-0.4, -0.2) is 52.1 Å². The minimum atomic E-state index is -0.366. The van der Waals surface area contributed by atoms with Crippen molar-refractivity contribution in [2.45, 2.75) is 70.6 Å². The SMILES string of the molecule is CC(NC(=O)C1CCCO1)c1nc2ccccc2n1CCC(=O)N1CCCCCC1. The Morgan fingerprint density at radius 1 is 1.17 bits per heavy atom. The van der Waals surface area contributed by atoms with E-state index < -0.39 is 0 Å². The molecular weight excluding hydrogens is 380 g/mol. The van der Waals surface area contributed by atoms with Crippen molar-refractivity contribution in [3.8, 4) is 0 Å². The first-order chi connectivity index (χ1) is 14.6. The number of rotatable bonds is 6. The van der Waals surface area contributed by atoms with Crippen LogP contribution in [0.4, 0.5) is 0 Å². The van der Waals surface area contributed by atoms with Gasteiger partial charge < -0.3 is 19.5 Å². The lowest BCUT2D eigenvalue weighted by Gasteiger charge is -2.22. The second kappa shape index (κ2) is 9.60. The van der Waals surface area contributed by atoms with Crippen molar-refractivity contribution in [3.63, 3.8) is 0 Å². The fourth-order valence-corrected chi connectivity index (χ4v) is 4.50. The Hall–Kier alpha value is -2.41. The third-order valence-electron chi connectivity index (χ3n) is 6.16. The maximum absolute atomic E-state index is 12.8. The highest BCUT2D eigenvalue weighted by atomic mass is 16.5. The average molecular weight is 413 g/mol. The minimum absolute atomic E-state index is 0.0840. The highest BCUT2D eigenvalue weighted by Gasteiger charge is 2.27. The fourth-order valence-electron chi connectivity index (χ4n) is 4.50. The summed E-state index contributed by atoms with van der Waals surface area (Å²) in [6.07, 6.45) is 6.37. The molecule has 2 aromatic rings. The summed E-state index contributed by atoms with van der Waals surface area (Å²) < 4.78 is 7.60. The molecule has 162 valence electrons. The van der Waals surface area contributed by atoms with Crippen molar-refractivity contribution < 1.29 is 14.3 Å². The lowest BCUT2D eigenvalue weighted by molar-refractivity contribution is -0.132. The molecule has 2 saturated heterocycles. The third-order valence-corrected chi connectivity index (χ3v) is 6.16. The number of likely N-dealkylation sites (tertiary alicyclic amines) is 1. The van der Waals surface area contributed by atoms with Crippen LogP contribution >= 0.6 is 0 Å². The van der Waals surface area contributed by atoms with Crippen LogP contribution in [0.25, 0.3) is 11.0 Å². The monoisotopic (exact) mass is 412 g/mol. The van der Waals surface area contributed by atoms with Gasteiger partial charge in [0.25, 0.3) is 0 Å². The van der Waals surface area contributed by atoms with Gasteiger partial charge in [-0.15, -0.1) is 0 Å². The van der Waals surface area contributed by atoms with Crippen molar-refractivity contribution in [1.29, 1.82) is 0 Å². The number of carbonyl (C=O) groups excluding carboxylic acids is 2. The van der Waals surface area contributed by atoms with Crippen molar-refractivity contribution in [1.82, 2.24) is 19.8 Å². The molecule has 0 spiro atoms. The van der Waals surface area contributed by atoms with E-state index in [1.807, 2.05) is 36.1 Å². The zero-order valence-electron chi connectivity index (χ0n) is 17.8. The highest BCUT2D eigenvalue weighted by Crippen LogP contribution is 2.23. The summed E-state index contributed by atoms with van der Waals surface area (Å²) in [7, 11) is 0. The predicted octanol–water partition coefficient (Wildman–Crippen LogP) is 3.19. The number of fused-ring (bicyclic) bond motifs is 1. The molecule has 0 aliphatic carbocycles. The van der Waals surface area contributed by atoms with Gasteiger partial charge in [-0.2, -0.15) is 0 Å². The molecule has 4 rings (SSSR count). The predicted molar refractivity (Wildman–Crippen MR) is 115 cm³/mol. The molecule has 0 bridgehead atoms. The number of hydrogen-bond acceptors (Lipinski definition) is 4. The summed E-state index contributed by atoms with van der Waals surface area (Å²) in [5.41, 5.74) is 1.88. The number of carbonyl (C=O) groups is 2. The number of amides is 2. The van der Waals surface area contributed by atoms with E-state index in [-0.39, 0.29) is 24.0 Å². The molecule has 2 fully saturated rings. The number of aryl methyl sites for hydroxylation is 1. The Morgan fingerprint density at radius 2 is 1.93 bits per heavy atom. The molecule has 2 unspecified atom stereocenters. The van der Waals surface area contributed by atoms with Gasteiger partial charge in [0.2, 0.25) is 11.8 Å². The molecule has 7 heteroatoms. The van der Waals surface area contributed by atoms with Gasteiger partial charge in [0.1, 0.15) is 11.9 Å². The van der Waals surface area contributed by atoms with Crippen LogP contribution < -0.4 is 5.32 Å². The zero-order valence-corrected chi connectivity index (χ0v) is 17.8. The average Bonchev–Trinajstić information content (AvgIpc) is 3.33. The van der Waals surface area contributed by atoms with E-state index in [1.165, 1.54) is 12.8 Å². The molecule has 3 heterocycles. The van der Waals surface area contributed by atoms with Gasteiger partial charge in [0.05, 0.1) is 17.1 Å². The fraction of sp³-hybridized carbons (Fsp3) is 0.609. The summed E-state index contributed by atoms with van der Waals surface area (Å²) in [4.78, 5) is 32.1. The summed E-state index contributed by atoms with van der Waals surface area (Å²) in [6.45, 7) is 4.88. The van der Waals surface area contributed by atoms with E-state index in [1.54, 1.807) is 0 Å². The minimum Gasteiger partial charge on any atom is -0.368 e. The summed E-state index contributed by atoms with van der Waals surface area (Å²) >= 11 is 0. The van der Waals surface area contributed by atoms with Crippen molar-refractivity contribution in [2.24, 2.45) is 0 Å². The van der Waals surface area contributed by atoms with Gasteiger partial charge in [-0.3, -0.25) is 9.59 Å². The smallest absolute Gasteiger partial charge is 0.249 e. The van der Waals surface area contributed by atoms with E-state index in [4.69, 9.17) is 9.72 Å². The first kappa shape index (κ1) is 20.8. The summed E-state index contributed by atoms with van der Waals surface area (Å²) in [5.74, 6) is 0.905. The van der Waals surface area contributed by atoms with E-state index in [2.05, 4.69) is 9.88 Å². The molecule has 2 amide bonds. The van der Waals surface area contributed by atoms with E-state index in [0.29, 0.717) is 19.6 Å². The number of ether oxygens (including phenoxy) is 1. The molecule has 30 heavy (non-hydrogen) atoms. The van der Waals surface area contributed by atoms with Gasteiger partial charge in [-0.05, 0) is 44.7 Å². The number of aromatic nitrogens is 2. The first-order valence-corrected chi connectivity index (χ1v) is 11.3. The Morgan fingerprint density at radius 3 is 2.67 bits per heavy atom. The maximum atomic E-state index is 12.8. The Balaban J connectivity index is 1.49. The number of hydrogen-bond donors (Lipinski definition) is 1. The van der Waals surface area contributed by atoms with E-state index in [9.17, 15) is 9.59 Å². The highest BCUT2D eigenvalue weighted by molar-refractivity contribution is 5.82. The Bertz CT molecular complexity index is 880. The van der Waals surface area contributed by atoms with Gasteiger partial charge >= 0.3 is 0 Å². The molecule has 0 radical (unpaired) electrons. The van der Waals surface area contributed by atoms with Crippen molar-refractivity contribution >= 4 is 22.8 Å². The Labute approximate surface area is 177 Å². The van der Waals surface area contributed by atoms with Crippen LogP contribution in [0.2, 0.25) is 0 Å². The topological polar surface area (TPSA) is 76.5 Å². The van der Waals surface area contributed by atoms with Crippen LogP contribution in [0.3, 0.4) is 0 Å². The van der Waals surface area contributed by atoms with Gasteiger partial charge in [-0.25, -0.2) is 4.98 Å². The van der Waals surface area contributed by atoms with Gasteiger partial charge in [-0.1, -0.05) is 25.0 Å². The van der Waals surface area contributed by atoms with Crippen LogP contribution in [0.5, 0.6) is 0 Å². The summed E-state index contributed by atoms with van der Waals surface area (Å²) in [6, 6.07) is 7.68. The van der Waals surface area contributed by atoms with E-state index in [0.717, 1.165) is 55.6 Å². The molecule has 2 aliphatic rings. The second-order valence-corrected chi connectivity index (χ2v) is 8.39. The molecule has 1 aromatic carbocycles. The number of nitrogens with zero attached hydrogens (tertiary/aromatic N) is 3. The third kappa shape index (κ3) is 4.67. The zero-order chi connectivity index (χ0) is 20.9. The van der Waals surface area contributed by atoms with Crippen LogP contribution in [0.15, 0.2) is 24.3 Å². The van der Waals surface area contributed by atoms with E-state index >= 15 is 0 Å². The molecule has 2 atom stereocenters. The maximum Gasteiger partial charge on any atom is 0.249 e. The lowest BCUT2D eigenvalue weighted by Crippen LogP contribution is -2.37. The van der Waals surface area contributed by atoms with Gasteiger partial charge in [0.15, 0.2) is 0 Å². The molecule has 1 aromatic heterocycles. The van der Waals surface area contributed by atoms with Crippen molar-refractivity contribution in [3.05, 3.63) is 30.1 Å². The standard InChI is InChI=1S/C23H32N4O3/c1-17(24-23(29)20-11-8-16-30-20)22-25-18-9-4-5-10-19(18)27(22)15-12-21(28)26-13-6-2-3-7-14-26/h4-5,9-10,17,20H,2-3,6-8,11-16H2,1H3,(H,24,29). The molecular formula is C23H32N4O3. The molecule has 1 N–H and O–H groups in total. The number of nitrogens with one attached hydrogen (secondary N) is 1.